The van der Waals surface area contributed by atoms with Crippen molar-refractivity contribution in [1.82, 2.24) is 4.90 Å². The van der Waals surface area contributed by atoms with Crippen molar-refractivity contribution in [3.8, 4) is 11.5 Å². The van der Waals surface area contributed by atoms with Crippen LogP contribution in [-0.2, 0) is 16.2 Å². The minimum Gasteiger partial charge on any atom is -0.493 e. The number of amides is 3. The van der Waals surface area contributed by atoms with Gasteiger partial charge in [-0.25, -0.2) is 0 Å². The topological polar surface area (TPSA) is 84.9 Å². The molecule has 202 valence electrons. The van der Waals surface area contributed by atoms with Gasteiger partial charge in [-0.3, -0.25) is 19.3 Å². The molecule has 1 heterocycles. The number of carbonyl (C=O) groups is 3. The number of benzene rings is 3. The van der Waals surface area contributed by atoms with Crippen molar-refractivity contribution in [2.75, 3.05) is 19.0 Å². The van der Waals surface area contributed by atoms with E-state index in [9.17, 15) is 14.4 Å². The van der Waals surface area contributed by atoms with Gasteiger partial charge in [0.2, 0.25) is 5.91 Å². The Morgan fingerprint density at radius 1 is 1.03 bits per heavy atom. The zero-order valence-corrected chi connectivity index (χ0v) is 25.8. The zero-order valence-electron chi connectivity index (χ0n) is 21.8. The van der Waals surface area contributed by atoms with Crippen molar-refractivity contribution < 1.29 is 23.9 Å². The van der Waals surface area contributed by atoms with Crippen LogP contribution in [0.15, 0.2) is 62.4 Å². The van der Waals surface area contributed by atoms with Crippen LogP contribution in [0.5, 0.6) is 11.5 Å². The van der Waals surface area contributed by atoms with E-state index >= 15 is 0 Å². The molecular weight excluding hydrogens is 648 g/mol. The number of ether oxygens (including phenoxy) is 2. The molecule has 10 heteroatoms. The highest BCUT2D eigenvalue weighted by molar-refractivity contribution is 9.10. The number of halogens is 2. The lowest BCUT2D eigenvalue weighted by molar-refractivity contribution is -0.127. The van der Waals surface area contributed by atoms with E-state index in [1.807, 2.05) is 57.2 Å². The highest BCUT2D eigenvalue weighted by Crippen LogP contribution is 2.39. The summed E-state index contributed by atoms with van der Waals surface area (Å²) in [5.41, 5.74) is 5.23. The average molecular weight is 674 g/mol. The van der Waals surface area contributed by atoms with Crippen molar-refractivity contribution >= 4 is 72.4 Å². The number of hydrogen-bond donors (Lipinski definition) is 1. The molecule has 0 aromatic heterocycles. The number of carbonyl (C=O) groups excluding carboxylic acids is 3. The fourth-order valence-corrected chi connectivity index (χ4v) is 5.86. The maximum Gasteiger partial charge on any atom is 0.294 e. The predicted molar refractivity (Wildman–Crippen MR) is 161 cm³/mol. The number of rotatable bonds is 8. The molecule has 0 unspecified atom stereocenters. The third-order valence-corrected chi connectivity index (χ3v) is 7.99. The van der Waals surface area contributed by atoms with Gasteiger partial charge in [0.05, 0.1) is 16.5 Å². The molecule has 1 fully saturated rings. The average Bonchev–Trinajstić information content (AvgIpc) is 3.13. The monoisotopic (exact) mass is 672 g/mol. The Kier molecular flexibility index (Phi) is 9.19. The largest absolute Gasteiger partial charge is 0.493 e. The van der Waals surface area contributed by atoms with E-state index in [1.165, 1.54) is 7.11 Å². The Morgan fingerprint density at radius 2 is 1.69 bits per heavy atom. The summed E-state index contributed by atoms with van der Waals surface area (Å²) in [6, 6.07) is 15.2. The first kappa shape index (κ1) is 28.9. The van der Waals surface area contributed by atoms with Gasteiger partial charge in [-0.05, 0) is 101 Å². The summed E-state index contributed by atoms with van der Waals surface area (Å²) in [5, 5.41) is 2.34. The highest BCUT2D eigenvalue weighted by atomic mass is 79.9. The fourth-order valence-electron chi connectivity index (χ4n) is 4.19. The molecule has 3 amide bonds. The Morgan fingerprint density at radius 3 is 2.33 bits per heavy atom. The van der Waals surface area contributed by atoms with E-state index < -0.39 is 17.1 Å². The van der Waals surface area contributed by atoms with E-state index in [0.717, 1.165) is 43.4 Å². The Labute approximate surface area is 248 Å². The van der Waals surface area contributed by atoms with Crippen molar-refractivity contribution in [2.24, 2.45) is 0 Å². The van der Waals surface area contributed by atoms with Crippen LogP contribution in [0, 0.1) is 20.8 Å². The van der Waals surface area contributed by atoms with Gasteiger partial charge in [0.1, 0.15) is 13.2 Å². The maximum absolute atomic E-state index is 13.0. The van der Waals surface area contributed by atoms with Crippen LogP contribution in [0.25, 0.3) is 6.08 Å². The summed E-state index contributed by atoms with van der Waals surface area (Å²) in [7, 11) is 1.53. The first-order valence-corrected chi connectivity index (χ1v) is 14.3. The molecule has 0 aliphatic carbocycles. The van der Waals surface area contributed by atoms with Gasteiger partial charge in [0.15, 0.2) is 11.5 Å². The van der Waals surface area contributed by atoms with Crippen molar-refractivity contribution in [1.29, 1.82) is 0 Å². The second-order valence-electron chi connectivity index (χ2n) is 9.04. The molecule has 7 nitrogen and oxygen atoms in total. The first-order chi connectivity index (χ1) is 18.5. The van der Waals surface area contributed by atoms with Gasteiger partial charge in [0, 0.05) is 10.2 Å². The number of aryl methyl sites for hydroxylation is 3. The number of hydrogen-bond acceptors (Lipinski definition) is 6. The molecule has 3 aromatic rings. The van der Waals surface area contributed by atoms with E-state index in [0.29, 0.717) is 33.8 Å². The summed E-state index contributed by atoms with van der Waals surface area (Å²) in [6.45, 7) is 5.76. The minimum atomic E-state index is -0.525. The summed E-state index contributed by atoms with van der Waals surface area (Å²) in [6.07, 6.45) is 1.60. The van der Waals surface area contributed by atoms with Crippen LogP contribution in [0.4, 0.5) is 10.5 Å². The summed E-state index contributed by atoms with van der Waals surface area (Å²) in [4.78, 5) is 39.6. The highest BCUT2D eigenvalue weighted by Gasteiger charge is 2.36. The molecule has 1 saturated heterocycles. The number of nitrogens with one attached hydrogen (secondary N) is 1. The van der Waals surface area contributed by atoms with Crippen LogP contribution in [0.1, 0.15) is 27.8 Å². The van der Waals surface area contributed by atoms with Gasteiger partial charge in [-0.15, -0.1) is 0 Å². The molecular formula is C29H26Br2N2O5S. The van der Waals surface area contributed by atoms with Gasteiger partial charge in [0.25, 0.3) is 11.1 Å². The fraction of sp³-hybridized carbons (Fsp3) is 0.207. The molecule has 3 aromatic carbocycles. The number of imide groups is 1. The molecule has 39 heavy (non-hydrogen) atoms. The van der Waals surface area contributed by atoms with Crippen LogP contribution in [-0.4, -0.2) is 35.6 Å². The predicted octanol–water partition coefficient (Wildman–Crippen LogP) is 7.40. The molecule has 1 aliphatic rings. The number of nitrogens with zero attached hydrogens (tertiary/aromatic N) is 1. The lowest BCUT2D eigenvalue weighted by Gasteiger charge is -2.16. The van der Waals surface area contributed by atoms with E-state index in [4.69, 9.17) is 9.47 Å². The van der Waals surface area contributed by atoms with E-state index in [-0.39, 0.29) is 11.4 Å². The quantitative estimate of drug-likeness (QED) is 0.251. The van der Waals surface area contributed by atoms with E-state index in [1.54, 1.807) is 18.2 Å². The van der Waals surface area contributed by atoms with Gasteiger partial charge in [-0.2, -0.15) is 0 Å². The molecule has 0 radical (unpaired) electrons. The number of anilines is 1. The lowest BCUT2D eigenvalue weighted by Crippen LogP contribution is -2.36. The number of methoxy groups -OCH3 is 1. The summed E-state index contributed by atoms with van der Waals surface area (Å²) >= 11 is 7.74. The minimum absolute atomic E-state index is 0.216. The standard InChI is InChI=1S/C29H26Br2N2O5S/c1-16-9-17(2)26(18(3)10-16)32-25(34)14-33-28(35)24(39-29(33)36)13-20-11-22(31)27(23(12-20)37-4)38-15-19-5-7-21(30)8-6-19/h5-13H,14-15H2,1-4H3,(H,32,34)/b24-13+. The van der Waals surface area contributed by atoms with Crippen LogP contribution in [0.2, 0.25) is 0 Å². The first-order valence-electron chi connectivity index (χ1n) is 11.9. The molecule has 1 aliphatic heterocycles. The Balaban J connectivity index is 1.47. The Hall–Kier alpha value is -3.08. The molecule has 0 saturated carbocycles. The van der Waals surface area contributed by atoms with E-state index in [2.05, 4.69) is 37.2 Å². The molecule has 0 atom stereocenters. The van der Waals surface area contributed by atoms with Crippen molar-refractivity contribution in [3.63, 3.8) is 0 Å². The van der Waals surface area contributed by atoms with Gasteiger partial charge < -0.3 is 14.8 Å². The van der Waals surface area contributed by atoms with Gasteiger partial charge >= 0.3 is 0 Å². The normalized spacial score (nSPS) is 14.2. The third-order valence-electron chi connectivity index (χ3n) is 5.96. The SMILES string of the molecule is COc1cc(/C=C2/SC(=O)N(CC(=O)Nc3c(C)cc(C)cc3C)C2=O)cc(Br)c1OCc1ccc(Br)cc1. The molecule has 0 spiro atoms. The van der Waals surface area contributed by atoms with Gasteiger partial charge in [-0.1, -0.05) is 45.8 Å². The smallest absolute Gasteiger partial charge is 0.294 e. The second-order valence-corrected chi connectivity index (χ2v) is 11.8. The third kappa shape index (κ3) is 6.93. The molecule has 4 rings (SSSR count). The zero-order chi connectivity index (χ0) is 28.3. The molecule has 1 N–H and O–H groups in total. The summed E-state index contributed by atoms with van der Waals surface area (Å²) < 4.78 is 13.1. The second kappa shape index (κ2) is 12.4. The number of thioether (sulfide) groups is 1. The molecule has 0 bridgehead atoms. The van der Waals surface area contributed by atoms with Crippen molar-refractivity contribution in [2.45, 2.75) is 27.4 Å². The van der Waals surface area contributed by atoms with Crippen molar-refractivity contribution in [3.05, 3.63) is 90.2 Å². The summed E-state index contributed by atoms with van der Waals surface area (Å²) in [5.74, 6) is 0.0210. The Bertz CT molecular complexity index is 1460. The van der Waals surface area contributed by atoms with Crippen LogP contribution < -0.4 is 14.8 Å². The lowest BCUT2D eigenvalue weighted by atomic mass is 10.1. The van der Waals surface area contributed by atoms with Crippen LogP contribution >= 0.6 is 43.6 Å². The van der Waals surface area contributed by atoms with Crippen LogP contribution in [0.3, 0.4) is 0 Å². The maximum atomic E-state index is 13.0.